The number of fused-ring (bicyclic) bond motifs is 1. The molecule has 3 unspecified atom stereocenters. The van der Waals surface area contributed by atoms with Gasteiger partial charge in [-0.2, -0.15) is 5.10 Å². The monoisotopic (exact) mass is 219 g/mol. The Labute approximate surface area is 97.2 Å². The van der Waals surface area contributed by atoms with Crippen LogP contribution in [0.25, 0.3) is 0 Å². The molecule has 2 heterocycles. The molecule has 3 heteroatoms. The average molecular weight is 219 g/mol. The molecule has 1 N–H and O–H groups in total. The standard InChI is InChI=1S/C13H21N3/c1-8(2)12-4-5-14-13-7-11(15-16(12)13)10-6-9(10)3/h7-10,12,14H,4-6H2,1-3H3. The number of anilines is 1. The van der Waals surface area contributed by atoms with Gasteiger partial charge in [-0.3, -0.25) is 0 Å². The van der Waals surface area contributed by atoms with E-state index in [1.165, 1.54) is 24.4 Å². The van der Waals surface area contributed by atoms with Crippen LogP contribution >= 0.6 is 0 Å². The number of nitrogens with one attached hydrogen (secondary N) is 1. The summed E-state index contributed by atoms with van der Waals surface area (Å²) in [7, 11) is 0. The molecule has 1 aliphatic heterocycles. The molecular formula is C13H21N3. The minimum atomic E-state index is 0.582. The maximum absolute atomic E-state index is 4.82. The van der Waals surface area contributed by atoms with Gasteiger partial charge in [0, 0.05) is 18.5 Å². The van der Waals surface area contributed by atoms with Crippen molar-refractivity contribution in [2.75, 3.05) is 11.9 Å². The predicted molar refractivity (Wildman–Crippen MR) is 65.7 cm³/mol. The summed E-state index contributed by atoms with van der Waals surface area (Å²) < 4.78 is 2.23. The van der Waals surface area contributed by atoms with E-state index in [1.54, 1.807) is 0 Å². The Balaban J connectivity index is 1.92. The van der Waals surface area contributed by atoms with Gasteiger partial charge in [-0.15, -0.1) is 0 Å². The van der Waals surface area contributed by atoms with Gasteiger partial charge in [0.2, 0.25) is 0 Å². The molecule has 88 valence electrons. The molecule has 0 radical (unpaired) electrons. The second-order valence-corrected chi connectivity index (χ2v) is 5.75. The van der Waals surface area contributed by atoms with Gasteiger partial charge >= 0.3 is 0 Å². The van der Waals surface area contributed by atoms with Gasteiger partial charge in [0.05, 0.1) is 11.7 Å². The zero-order valence-electron chi connectivity index (χ0n) is 10.4. The first-order valence-corrected chi connectivity index (χ1v) is 6.50. The minimum Gasteiger partial charge on any atom is -0.370 e. The second kappa shape index (κ2) is 3.51. The van der Waals surface area contributed by atoms with Crippen molar-refractivity contribution in [3.05, 3.63) is 11.8 Å². The predicted octanol–water partition coefficient (Wildman–Crippen LogP) is 3.02. The SMILES string of the molecule is CC(C)C1CCNc2cc(C3CC3C)nn21. The maximum Gasteiger partial charge on any atom is 0.124 e. The third-order valence-electron chi connectivity index (χ3n) is 4.07. The van der Waals surface area contributed by atoms with E-state index in [0.29, 0.717) is 12.0 Å². The van der Waals surface area contributed by atoms with Crippen LogP contribution in [0.15, 0.2) is 6.07 Å². The minimum absolute atomic E-state index is 0.582. The third-order valence-corrected chi connectivity index (χ3v) is 4.07. The highest BCUT2D eigenvalue weighted by molar-refractivity contribution is 5.41. The number of aromatic nitrogens is 2. The zero-order valence-corrected chi connectivity index (χ0v) is 10.4. The fraction of sp³-hybridized carbons (Fsp3) is 0.769. The molecule has 1 fully saturated rings. The fourth-order valence-electron chi connectivity index (χ4n) is 2.80. The Morgan fingerprint density at radius 2 is 2.25 bits per heavy atom. The van der Waals surface area contributed by atoms with Gasteiger partial charge in [-0.25, -0.2) is 4.68 Å². The highest BCUT2D eigenvalue weighted by atomic mass is 15.4. The van der Waals surface area contributed by atoms with Crippen molar-refractivity contribution in [2.45, 2.75) is 45.6 Å². The van der Waals surface area contributed by atoms with Crippen molar-refractivity contribution >= 4 is 5.82 Å². The number of rotatable bonds is 2. The van der Waals surface area contributed by atoms with Crippen LogP contribution in [0.3, 0.4) is 0 Å². The Hall–Kier alpha value is -0.990. The van der Waals surface area contributed by atoms with Crippen molar-refractivity contribution in [2.24, 2.45) is 11.8 Å². The molecule has 0 amide bonds. The normalized spacial score (nSPS) is 32.4. The van der Waals surface area contributed by atoms with Crippen LogP contribution in [0.2, 0.25) is 0 Å². The summed E-state index contributed by atoms with van der Waals surface area (Å²) in [5.74, 6) is 3.48. The van der Waals surface area contributed by atoms with Crippen LogP contribution in [0.5, 0.6) is 0 Å². The van der Waals surface area contributed by atoms with Crippen molar-refractivity contribution < 1.29 is 0 Å². The molecule has 1 aliphatic carbocycles. The summed E-state index contributed by atoms with van der Waals surface area (Å²) in [5, 5.41) is 8.29. The van der Waals surface area contributed by atoms with Crippen molar-refractivity contribution in [3.63, 3.8) is 0 Å². The van der Waals surface area contributed by atoms with Crippen molar-refractivity contribution in [1.82, 2.24) is 9.78 Å². The Bertz CT molecular complexity index is 394. The first-order chi connectivity index (χ1) is 7.66. The lowest BCUT2D eigenvalue weighted by Gasteiger charge is -2.28. The van der Waals surface area contributed by atoms with E-state index in [2.05, 4.69) is 36.8 Å². The molecule has 0 aromatic carbocycles. The first-order valence-electron chi connectivity index (χ1n) is 6.50. The van der Waals surface area contributed by atoms with Crippen LogP contribution in [0.1, 0.15) is 51.3 Å². The van der Waals surface area contributed by atoms with Crippen LogP contribution in [-0.2, 0) is 0 Å². The van der Waals surface area contributed by atoms with E-state index >= 15 is 0 Å². The van der Waals surface area contributed by atoms with Crippen LogP contribution in [0.4, 0.5) is 5.82 Å². The Kier molecular flexibility index (Phi) is 2.23. The van der Waals surface area contributed by atoms with Crippen LogP contribution in [0, 0.1) is 11.8 Å². The topological polar surface area (TPSA) is 29.9 Å². The van der Waals surface area contributed by atoms with E-state index in [9.17, 15) is 0 Å². The Morgan fingerprint density at radius 1 is 1.50 bits per heavy atom. The quantitative estimate of drug-likeness (QED) is 0.828. The van der Waals surface area contributed by atoms with E-state index in [-0.39, 0.29) is 0 Å². The van der Waals surface area contributed by atoms with E-state index in [0.717, 1.165) is 18.4 Å². The highest BCUT2D eigenvalue weighted by Gasteiger charge is 2.37. The van der Waals surface area contributed by atoms with Crippen LogP contribution in [-0.4, -0.2) is 16.3 Å². The lowest BCUT2D eigenvalue weighted by atomic mass is 10.00. The average Bonchev–Trinajstić information content (AvgIpc) is 2.82. The molecule has 3 nitrogen and oxygen atoms in total. The van der Waals surface area contributed by atoms with E-state index in [1.807, 2.05) is 0 Å². The van der Waals surface area contributed by atoms with Gasteiger partial charge in [0.1, 0.15) is 5.82 Å². The first kappa shape index (κ1) is 10.2. The molecule has 1 aromatic heterocycles. The van der Waals surface area contributed by atoms with E-state index in [4.69, 9.17) is 5.10 Å². The summed E-state index contributed by atoms with van der Waals surface area (Å²) >= 11 is 0. The Morgan fingerprint density at radius 3 is 2.88 bits per heavy atom. The van der Waals surface area contributed by atoms with Gasteiger partial charge in [-0.05, 0) is 24.7 Å². The molecule has 1 saturated carbocycles. The molecule has 2 aliphatic rings. The largest absolute Gasteiger partial charge is 0.370 e. The highest BCUT2D eigenvalue weighted by Crippen LogP contribution is 2.47. The third kappa shape index (κ3) is 1.53. The summed E-state index contributed by atoms with van der Waals surface area (Å²) in [6, 6.07) is 2.85. The second-order valence-electron chi connectivity index (χ2n) is 5.75. The molecule has 1 aromatic rings. The lowest BCUT2D eigenvalue weighted by Crippen LogP contribution is -2.26. The van der Waals surface area contributed by atoms with Gasteiger partial charge in [0.15, 0.2) is 0 Å². The summed E-state index contributed by atoms with van der Waals surface area (Å²) in [6.07, 6.45) is 2.52. The molecule has 16 heavy (non-hydrogen) atoms. The summed E-state index contributed by atoms with van der Waals surface area (Å²) in [5.41, 5.74) is 1.31. The van der Waals surface area contributed by atoms with E-state index < -0.39 is 0 Å². The van der Waals surface area contributed by atoms with Crippen LogP contribution < -0.4 is 5.32 Å². The van der Waals surface area contributed by atoms with Gasteiger partial charge < -0.3 is 5.32 Å². The molecule has 0 bridgehead atoms. The fourth-order valence-corrected chi connectivity index (χ4v) is 2.80. The number of hydrogen-bond acceptors (Lipinski definition) is 2. The summed E-state index contributed by atoms with van der Waals surface area (Å²) in [6.45, 7) is 7.99. The van der Waals surface area contributed by atoms with Gasteiger partial charge in [-0.1, -0.05) is 20.8 Å². The molecule has 0 spiro atoms. The number of nitrogens with zero attached hydrogens (tertiary/aromatic N) is 2. The smallest absolute Gasteiger partial charge is 0.124 e. The molecule has 0 saturated heterocycles. The molecular weight excluding hydrogens is 198 g/mol. The molecule has 3 rings (SSSR count). The number of hydrogen-bond donors (Lipinski definition) is 1. The van der Waals surface area contributed by atoms with Crippen molar-refractivity contribution in [1.29, 1.82) is 0 Å². The lowest BCUT2D eigenvalue weighted by molar-refractivity contribution is 0.321. The summed E-state index contributed by atoms with van der Waals surface area (Å²) in [4.78, 5) is 0. The van der Waals surface area contributed by atoms with Gasteiger partial charge in [0.25, 0.3) is 0 Å². The maximum atomic E-state index is 4.82. The molecule has 3 atom stereocenters. The zero-order chi connectivity index (χ0) is 11.3. The van der Waals surface area contributed by atoms with Crippen molar-refractivity contribution in [3.8, 4) is 0 Å².